The molecule has 0 aliphatic heterocycles. The van der Waals surface area contributed by atoms with E-state index in [4.69, 9.17) is 0 Å². The van der Waals surface area contributed by atoms with Gasteiger partial charge in [-0.25, -0.2) is 0 Å². The van der Waals surface area contributed by atoms with Crippen LogP contribution >= 0.6 is 17.0 Å². The summed E-state index contributed by atoms with van der Waals surface area (Å²) in [5.41, 5.74) is 0. The van der Waals surface area contributed by atoms with Crippen molar-refractivity contribution >= 4 is 17.0 Å². The monoisotopic (exact) mass is 457 g/mol. The summed E-state index contributed by atoms with van der Waals surface area (Å²) in [7, 11) is 3.58. The summed E-state index contributed by atoms with van der Waals surface area (Å²) in [6.07, 6.45) is 0. The van der Waals surface area contributed by atoms with E-state index < -0.39 is 0 Å². The molecule has 0 rings (SSSR count). The summed E-state index contributed by atoms with van der Waals surface area (Å²) in [6.45, 7) is 0. The Balaban J connectivity index is 0. The average molecular weight is 453 g/mol. The van der Waals surface area contributed by atoms with Crippen molar-refractivity contribution in [2.75, 3.05) is 0 Å². The fourth-order valence-corrected chi connectivity index (χ4v) is 0. The van der Waals surface area contributed by atoms with E-state index >= 15 is 0 Å². The molecule has 0 fully saturated rings. The molecule has 0 aliphatic rings. The first-order chi connectivity index (χ1) is 1.91. The summed E-state index contributed by atoms with van der Waals surface area (Å²) < 4.78 is 0. The Morgan fingerprint density at radius 1 is 1.00 bits per heavy atom. The van der Waals surface area contributed by atoms with E-state index in [1.807, 2.05) is 37.1 Å². The van der Waals surface area contributed by atoms with Gasteiger partial charge in [0.05, 0.1) is 0 Å². The molecule has 35 valence electrons. The van der Waals surface area contributed by atoms with E-state index in [0.29, 0.717) is 0 Å². The van der Waals surface area contributed by atoms with Crippen LogP contribution in [-0.4, -0.2) is 0 Å². The molecule has 0 atom stereocenters. The molecule has 0 saturated carbocycles. The molecular formula is AuMo2S2. The summed E-state index contributed by atoms with van der Waals surface area (Å²) in [5, 5.41) is 0. The van der Waals surface area contributed by atoms with Gasteiger partial charge in [-0.15, -0.1) is 0 Å². The van der Waals surface area contributed by atoms with Gasteiger partial charge in [-0.2, -0.15) is 0 Å². The predicted octanol–water partition coefficient (Wildman–Crippen LogP) is 1.29. The summed E-state index contributed by atoms with van der Waals surface area (Å²) in [4.78, 5) is 0. The molecule has 0 aliphatic carbocycles. The molecule has 0 aromatic rings. The van der Waals surface area contributed by atoms with E-state index in [1.54, 1.807) is 17.0 Å². The minimum absolute atomic E-state index is 0. The van der Waals surface area contributed by atoms with Crippen LogP contribution in [0.3, 0.4) is 0 Å². The van der Waals surface area contributed by atoms with Gasteiger partial charge in [-0.05, 0) is 0 Å². The molecule has 0 spiro atoms. The number of hydrogen-bond acceptors (Lipinski definition) is 2. The first-order valence-electron chi connectivity index (χ1n) is 0.500. The van der Waals surface area contributed by atoms with Gasteiger partial charge in [0.2, 0.25) is 0 Å². The van der Waals surface area contributed by atoms with Gasteiger partial charge in [0.15, 0.2) is 0 Å². The van der Waals surface area contributed by atoms with Crippen molar-refractivity contribution in [2.45, 2.75) is 0 Å². The molecule has 0 amide bonds. The second-order valence-corrected chi connectivity index (χ2v) is 7.25. The quantitative estimate of drug-likeness (QED) is 0.434. The molecule has 0 N–H and O–H groups in total. The van der Waals surface area contributed by atoms with Crippen LogP contribution in [0.2, 0.25) is 0 Å². The van der Waals surface area contributed by atoms with Crippen molar-refractivity contribution in [2.24, 2.45) is 0 Å². The van der Waals surface area contributed by atoms with Crippen LogP contribution in [0, 0.1) is 0 Å². The molecule has 0 unspecified atom stereocenters. The summed E-state index contributed by atoms with van der Waals surface area (Å²) in [6, 6.07) is 0. The van der Waals surface area contributed by atoms with Gasteiger partial charge < -0.3 is 0 Å². The standard InChI is InChI=1S/Au.2Mo.S2/c;;;1-2/q;2*+1;-2. The SMILES string of the molecule is [Au].[Mo][S][S][Mo]. The van der Waals surface area contributed by atoms with Crippen LogP contribution in [0.4, 0.5) is 0 Å². The Morgan fingerprint density at radius 3 is 1.20 bits per heavy atom. The number of rotatable bonds is 1. The van der Waals surface area contributed by atoms with Gasteiger partial charge in [-0.1, -0.05) is 0 Å². The maximum absolute atomic E-state index is 2.01. The molecule has 0 heterocycles. The Morgan fingerprint density at radius 2 is 1.20 bits per heavy atom. The Kier molecular flexibility index (Phi) is 21.3. The Labute approximate surface area is 75.1 Å². The van der Waals surface area contributed by atoms with E-state index in [1.165, 1.54) is 0 Å². The third-order valence-corrected chi connectivity index (χ3v) is 8.75. The maximum atomic E-state index is 2.01. The van der Waals surface area contributed by atoms with Crippen molar-refractivity contribution in [3.8, 4) is 0 Å². The van der Waals surface area contributed by atoms with E-state index in [0.717, 1.165) is 0 Å². The van der Waals surface area contributed by atoms with Crippen LogP contribution in [0.15, 0.2) is 0 Å². The van der Waals surface area contributed by atoms with Crippen molar-refractivity contribution in [1.82, 2.24) is 0 Å². The second-order valence-electron chi connectivity index (χ2n) is 0.136. The van der Waals surface area contributed by atoms with Gasteiger partial charge in [0.25, 0.3) is 0 Å². The molecule has 5 heavy (non-hydrogen) atoms. The fraction of sp³-hybridized carbons (Fsp3) is 0. The topological polar surface area (TPSA) is 0 Å². The van der Waals surface area contributed by atoms with Crippen molar-refractivity contribution in [3.05, 3.63) is 0 Å². The minimum atomic E-state index is 0. The zero-order valence-electron chi connectivity index (χ0n) is 1.93. The first kappa shape index (κ1) is 10.7. The second kappa shape index (κ2) is 9.94. The molecule has 0 aromatic heterocycles. The Bertz CT molecular complexity index is 9.61. The van der Waals surface area contributed by atoms with Crippen LogP contribution in [-0.2, 0) is 59.5 Å². The molecule has 0 bridgehead atoms. The molecule has 0 aromatic carbocycles. The molecule has 0 saturated heterocycles. The summed E-state index contributed by atoms with van der Waals surface area (Å²) >= 11 is 4.01. The van der Waals surface area contributed by atoms with E-state index in [9.17, 15) is 0 Å². The van der Waals surface area contributed by atoms with E-state index in [-0.39, 0.29) is 22.4 Å². The normalized spacial score (nSPS) is 5.60. The molecule has 0 nitrogen and oxygen atoms in total. The number of hydrogen-bond donors (Lipinski definition) is 0. The van der Waals surface area contributed by atoms with Crippen LogP contribution in [0.5, 0.6) is 0 Å². The fourth-order valence-electron chi connectivity index (χ4n) is 0. The molecular weight excluding hydrogens is 453 g/mol. The van der Waals surface area contributed by atoms with Gasteiger partial charge >= 0.3 is 54.1 Å². The predicted molar refractivity (Wildman–Crippen MR) is 15.2 cm³/mol. The molecule has 5 heteroatoms. The van der Waals surface area contributed by atoms with Crippen LogP contribution in [0.25, 0.3) is 0 Å². The molecule has 1 radical (unpaired) electrons. The Hall–Kier alpha value is 2.82. The van der Waals surface area contributed by atoms with Crippen molar-refractivity contribution in [1.29, 1.82) is 0 Å². The third kappa shape index (κ3) is 10.9. The van der Waals surface area contributed by atoms with Crippen LogP contribution in [0.1, 0.15) is 0 Å². The third-order valence-electron chi connectivity index (χ3n) is 0.0278. The van der Waals surface area contributed by atoms with Gasteiger partial charge in [-0.3, -0.25) is 0 Å². The first-order valence-corrected chi connectivity index (χ1v) is 7.42. The van der Waals surface area contributed by atoms with E-state index in [2.05, 4.69) is 0 Å². The van der Waals surface area contributed by atoms with Crippen molar-refractivity contribution < 1.29 is 59.5 Å². The average Bonchev–Trinajstić information content (AvgIpc) is 1.37. The van der Waals surface area contributed by atoms with Gasteiger partial charge in [0.1, 0.15) is 0 Å². The van der Waals surface area contributed by atoms with Crippen LogP contribution < -0.4 is 0 Å². The van der Waals surface area contributed by atoms with Gasteiger partial charge in [0, 0.05) is 22.4 Å². The van der Waals surface area contributed by atoms with Crippen molar-refractivity contribution in [3.63, 3.8) is 0 Å². The zero-order chi connectivity index (χ0) is 3.41. The summed E-state index contributed by atoms with van der Waals surface area (Å²) in [5.74, 6) is 0. The zero-order valence-corrected chi connectivity index (χ0v) is 9.75.